The van der Waals surface area contributed by atoms with Gasteiger partial charge in [-0.3, -0.25) is 4.98 Å². The average Bonchev–Trinajstić information content (AvgIpc) is 2.54. The van der Waals surface area contributed by atoms with Gasteiger partial charge in [-0.05, 0) is 27.6 Å². The number of hydrogen-bond donors (Lipinski definition) is 1. The van der Waals surface area contributed by atoms with E-state index in [4.69, 9.17) is 4.74 Å². The minimum Gasteiger partial charge on any atom is -0.481 e. The molecule has 1 N–H and O–H groups in total. The summed E-state index contributed by atoms with van der Waals surface area (Å²) in [6.07, 6.45) is 1.78. The number of aromatic nitrogens is 2. The van der Waals surface area contributed by atoms with Gasteiger partial charge in [0.1, 0.15) is 5.52 Å². The fourth-order valence-corrected chi connectivity index (χ4v) is 2.52. The van der Waals surface area contributed by atoms with Crippen molar-refractivity contribution >= 4 is 32.7 Å². The summed E-state index contributed by atoms with van der Waals surface area (Å²) in [6.45, 7) is 0.720. The number of nitrogens with one attached hydrogen (secondary N) is 1. The maximum Gasteiger partial charge on any atom is 0.213 e. The van der Waals surface area contributed by atoms with Crippen molar-refractivity contribution in [3.8, 4) is 5.88 Å². The Balaban J connectivity index is 1.98. The number of hydrogen-bond acceptors (Lipinski definition) is 4. The molecule has 0 amide bonds. The molecule has 5 heteroatoms. The Kier molecular flexibility index (Phi) is 4.01. The predicted molar refractivity (Wildman–Crippen MR) is 87.6 cm³/mol. The number of rotatable bonds is 4. The lowest BCUT2D eigenvalue weighted by atomic mass is 10.2. The third kappa shape index (κ3) is 2.97. The van der Waals surface area contributed by atoms with Crippen LogP contribution in [-0.4, -0.2) is 17.1 Å². The topological polar surface area (TPSA) is 47.0 Å². The molecule has 0 saturated heterocycles. The lowest BCUT2D eigenvalue weighted by Crippen LogP contribution is -2.02. The highest BCUT2D eigenvalue weighted by atomic mass is 79.9. The highest BCUT2D eigenvalue weighted by molar-refractivity contribution is 9.10. The van der Waals surface area contributed by atoms with Gasteiger partial charge in [0, 0.05) is 18.8 Å². The molecule has 3 rings (SSSR count). The SMILES string of the molecule is COc1ccc2ncc(Br)c(NCc3ccccc3)c2n1. The van der Waals surface area contributed by atoms with E-state index in [1.807, 2.05) is 30.3 Å². The van der Waals surface area contributed by atoms with Gasteiger partial charge in [-0.15, -0.1) is 0 Å². The fourth-order valence-electron chi connectivity index (χ4n) is 2.09. The molecular weight excluding hydrogens is 330 g/mol. The van der Waals surface area contributed by atoms with Crippen LogP contribution in [0.1, 0.15) is 5.56 Å². The number of fused-ring (bicyclic) bond motifs is 1. The molecule has 0 saturated carbocycles. The number of halogens is 1. The van der Waals surface area contributed by atoms with E-state index in [0.29, 0.717) is 5.88 Å². The largest absolute Gasteiger partial charge is 0.481 e. The zero-order chi connectivity index (χ0) is 14.7. The van der Waals surface area contributed by atoms with E-state index >= 15 is 0 Å². The molecule has 21 heavy (non-hydrogen) atoms. The minimum absolute atomic E-state index is 0.574. The minimum atomic E-state index is 0.574. The van der Waals surface area contributed by atoms with Crippen molar-refractivity contribution in [3.05, 3.63) is 58.7 Å². The molecular formula is C16H14BrN3O. The first-order chi connectivity index (χ1) is 10.3. The highest BCUT2D eigenvalue weighted by Gasteiger charge is 2.09. The zero-order valence-corrected chi connectivity index (χ0v) is 13.1. The van der Waals surface area contributed by atoms with Crippen molar-refractivity contribution in [1.82, 2.24) is 9.97 Å². The number of methoxy groups -OCH3 is 1. The van der Waals surface area contributed by atoms with Crippen LogP contribution in [0.25, 0.3) is 11.0 Å². The molecule has 3 aromatic rings. The van der Waals surface area contributed by atoms with E-state index in [2.05, 4.69) is 43.3 Å². The van der Waals surface area contributed by atoms with E-state index in [9.17, 15) is 0 Å². The van der Waals surface area contributed by atoms with Gasteiger partial charge in [0.15, 0.2) is 0 Å². The molecule has 0 bridgehead atoms. The molecule has 0 aliphatic carbocycles. The summed E-state index contributed by atoms with van der Waals surface area (Å²) in [6, 6.07) is 13.9. The van der Waals surface area contributed by atoms with Crippen LogP contribution in [0.2, 0.25) is 0 Å². The Morgan fingerprint density at radius 3 is 2.71 bits per heavy atom. The number of pyridine rings is 2. The Labute approximate surface area is 131 Å². The maximum atomic E-state index is 5.20. The molecule has 2 heterocycles. The van der Waals surface area contributed by atoms with Gasteiger partial charge in [-0.25, -0.2) is 4.98 Å². The Morgan fingerprint density at radius 1 is 1.14 bits per heavy atom. The number of nitrogens with zero attached hydrogens (tertiary/aromatic N) is 2. The third-order valence-corrected chi connectivity index (χ3v) is 3.76. The van der Waals surface area contributed by atoms with Crippen LogP contribution in [0, 0.1) is 0 Å². The van der Waals surface area contributed by atoms with Crippen LogP contribution < -0.4 is 10.1 Å². The van der Waals surface area contributed by atoms with E-state index < -0.39 is 0 Å². The van der Waals surface area contributed by atoms with Crippen molar-refractivity contribution in [2.75, 3.05) is 12.4 Å². The van der Waals surface area contributed by atoms with Gasteiger partial charge in [0.05, 0.1) is 22.8 Å². The van der Waals surface area contributed by atoms with Crippen molar-refractivity contribution in [3.63, 3.8) is 0 Å². The summed E-state index contributed by atoms with van der Waals surface area (Å²) in [4.78, 5) is 8.86. The maximum absolute atomic E-state index is 5.20. The van der Waals surface area contributed by atoms with Crippen LogP contribution in [0.4, 0.5) is 5.69 Å². The third-order valence-electron chi connectivity index (χ3n) is 3.16. The molecule has 4 nitrogen and oxygen atoms in total. The molecule has 0 aliphatic rings. The molecule has 0 spiro atoms. The van der Waals surface area contributed by atoms with Gasteiger partial charge in [0.2, 0.25) is 5.88 Å². The normalized spacial score (nSPS) is 10.6. The monoisotopic (exact) mass is 343 g/mol. The van der Waals surface area contributed by atoms with Crippen molar-refractivity contribution in [1.29, 1.82) is 0 Å². The summed E-state index contributed by atoms with van der Waals surface area (Å²) in [7, 11) is 1.61. The van der Waals surface area contributed by atoms with Crippen molar-refractivity contribution in [2.45, 2.75) is 6.54 Å². The van der Waals surface area contributed by atoms with Crippen molar-refractivity contribution in [2.24, 2.45) is 0 Å². The van der Waals surface area contributed by atoms with Gasteiger partial charge >= 0.3 is 0 Å². The van der Waals surface area contributed by atoms with Crippen LogP contribution in [0.15, 0.2) is 53.1 Å². The first-order valence-corrected chi connectivity index (χ1v) is 7.34. The quantitative estimate of drug-likeness (QED) is 0.777. The number of ether oxygens (including phenoxy) is 1. The van der Waals surface area contributed by atoms with Crippen LogP contribution in [-0.2, 0) is 6.54 Å². The van der Waals surface area contributed by atoms with Gasteiger partial charge in [-0.2, -0.15) is 0 Å². The standard InChI is InChI=1S/C16H14BrN3O/c1-21-14-8-7-13-16(20-14)15(12(17)10-18-13)19-9-11-5-3-2-4-6-11/h2-8,10H,9H2,1H3,(H,18,19). The van der Waals surface area contributed by atoms with E-state index in [-0.39, 0.29) is 0 Å². The summed E-state index contributed by atoms with van der Waals surface area (Å²) < 4.78 is 6.08. The van der Waals surface area contributed by atoms with Crippen molar-refractivity contribution < 1.29 is 4.74 Å². The summed E-state index contributed by atoms with van der Waals surface area (Å²) in [5.74, 6) is 0.574. The summed E-state index contributed by atoms with van der Waals surface area (Å²) in [5, 5.41) is 3.42. The first-order valence-electron chi connectivity index (χ1n) is 6.55. The Bertz CT molecular complexity index is 762. The van der Waals surface area contributed by atoms with E-state index in [1.165, 1.54) is 5.56 Å². The summed E-state index contributed by atoms with van der Waals surface area (Å²) >= 11 is 3.53. The Morgan fingerprint density at radius 2 is 1.95 bits per heavy atom. The second-order valence-corrected chi connectivity index (χ2v) is 5.40. The fraction of sp³-hybridized carbons (Fsp3) is 0.125. The molecule has 0 aliphatic heterocycles. The zero-order valence-electron chi connectivity index (χ0n) is 11.5. The van der Waals surface area contributed by atoms with Crippen LogP contribution >= 0.6 is 15.9 Å². The van der Waals surface area contributed by atoms with Crippen LogP contribution in [0.5, 0.6) is 5.88 Å². The molecule has 2 aromatic heterocycles. The second kappa shape index (κ2) is 6.10. The second-order valence-electron chi connectivity index (χ2n) is 4.54. The molecule has 0 atom stereocenters. The molecule has 1 aromatic carbocycles. The smallest absolute Gasteiger partial charge is 0.213 e. The molecule has 106 valence electrons. The van der Waals surface area contributed by atoms with E-state index in [0.717, 1.165) is 27.7 Å². The van der Waals surface area contributed by atoms with Gasteiger partial charge in [-0.1, -0.05) is 30.3 Å². The van der Waals surface area contributed by atoms with Crippen LogP contribution in [0.3, 0.4) is 0 Å². The lowest BCUT2D eigenvalue weighted by Gasteiger charge is -2.11. The Hall–Kier alpha value is -2.14. The molecule has 0 unspecified atom stereocenters. The van der Waals surface area contributed by atoms with Gasteiger partial charge < -0.3 is 10.1 Å². The van der Waals surface area contributed by atoms with E-state index in [1.54, 1.807) is 13.3 Å². The summed E-state index contributed by atoms with van der Waals surface area (Å²) in [5.41, 5.74) is 3.74. The number of benzene rings is 1. The highest BCUT2D eigenvalue weighted by Crippen LogP contribution is 2.30. The lowest BCUT2D eigenvalue weighted by molar-refractivity contribution is 0.399. The van der Waals surface area contributed by atoms with Gasteiger partial charge in [0.25, 0.3) is 0 Å². The first kappa shape index (κ1) is 13.8. The average molecular weight is 344 g/mol. The predicted octanol–water partition coefficient (Wildman–Crippen LogP) is 4.01. The number of anilines is 1. The molecule has 0 fully saturated rings. The molecule has 0 radical (unpaired) electrons.